The Hall–Kier alpha value is -2.32. The first-order chi connectivity index (χ1) is 11.2. The van der Waals surface area contributed by atoms with Crippen LogP contribution in [-0.4, -0.2) is 52.7 Å². The highest BCUT2D eigenvalue weighted by atomic mass is 19.4. The van der Waals surface area contributed by atoms with Crippen LogP contribution in [-0.2, 0) is 4.79 Å². The summed E-state index contributed by atoms with van der Waals surface area (Å²) in [5, 5.41) is 8.77. The molecule has 24 heavy (non-hydrogen) atoms. The number of likely N-dealkylation sites (tertiary alicyclic amines) is 1. The van der Waals surface area contributed by atoms with Crippen LogP contribution in [0.1, 0.15) is 29.6 Å². The maximum absolute atomic E-state index is 12.3. The van der Waals surface area contributed by atoms with Crippen molar-refractivity contribution in [1.29, 1.82) is 0 Å². The maximum Gasteiger partial charge on any atom is 0.422 e. The summed E-state index contributed by atoms with van der Waals surface area (Å²) in [4.78, 5) is 28.3. The predicted octanol–water partition coefficient (Wildman–Crippen LogP) is 2.35. The molecule has 1 aliphatic rings. The summed E-state index contributed by atoms with van der Waals surface area (Å²) >= 11 is 0. The number of pyridine rings is 1. The molecule has 0 aromatic carbocycles. The number of carbonyl (C=O) groups excluding carboxylic acids is 1. The van der Waals surface area contributed by atoms with Gasteiger partial charge in [0, 0.05) is 31.8 Å². The predicted molar refractivity (Wildman–Crippen MR) is 76.7 cm³/mol. The number of carboxylic acids is 1. The SMILES string of the molecule is O=C(O)CC1CCN(C(=O)c2ccc(OCC(F)(F)F)nc2)CC1. The lowest BCUT2D eigenvalue weighted by molar-refractivity contribution is -0.154. The minimum absolute atomic E-state index is 0.0582. The highest BCUT2D eigenvalue weighted by molar-refractivity contribution is 5.94. The van der Waals surface area contributed by atoms with E-state index in [0.717, 1.165) is 0 Å². The van der Waals surface area contributed by atoms with E-state index >= 15 is 0 Å². The van der Waals surface area contributed by atoms with Crippen molar-refractivity contribution >= 4 is 11.9 Å². The molecular weight excluding hydrogens is 329 g/mol. The normalized spacial score (nSPS) is 16.0. The van der Waals surface area contributed by atoms with E-state index in [4.69, 9.17) is 5.11 Å². The molecule has 132 valence electrons. The number of aliphatic carboxylic acids is 1. The van der Waals surface area contributed by atoms with Gasteiger partial charge in [-0.1, -0.05) is 0 Å². The quantitative estimate of drug-likeness (QED) is 0.885. The molecule has 6 nitrogen and oxygen atoms in total. The van der Waals surface area contributed by atoms with Gasteiger partial charge in [0.2, 0.25) is 5.88 Å². The van der Waals surface area contributed by atoms with Crippen molar-refractivity contribution in [2.24, 2.45) is 5.92 Å². The van der Waals surface area contributed by atoms with Gasteiger partial charge in [-0.2, -0.15) is 13.2 Å². The monoisotopic (exact) mass is 346 g/mol. The molecule has 0 unspecified atom stereocenters. The summed E-state index contributed by atoms with van der Waals surface area (Å²) < 4.78 is 40.6. The highest BCUT2D eigenvalue weighted by Gasteiger charge is 2.29. The van der Waals surface area contributed by atoms with Crippen LogP contribution in [0.4, 0.5) is 13.2 Å². The fourth-order valence-corrected chi connectivity index (χ4v) is 2.52. The molecule has 1 fully saturated rings. The number of carboxylic acid groups (broad SMARTS) is 1. The summed E-state index contributed by atoms with van der Waals surface area (Å²) in [6.07, 6.45) is -1.96. The lowest BCUT2D eigenvalue weighted by atomic mass is 9.93. The minimum atomic E-state index is -4.45. The lowest BCUT2D eigenvalue weighted by Gasteiger charge is -2.31. The van der Waals surface area contributed by atoms with Crippen molar-refractivity contribution < 1.29 is 32.6 Å². The summed E-state index contributed by atoms with van der Waals surface area (Å²) in [7, 11) is 0. The zero-order valence-electron chi connectivity index (χ0n) is 12.8. The van der Waals surface area contributed by atoms with Crippen LogP contribution < -0.4 is 4.74 Å². The molecule has 1 aromatic rings. The summed E-state index contributed by atoms with van der Waals surface area (Å²) in [6.45, 7) is -0.545. The van der Waals surface area contributed by atoms with E-state index in [9.17, 15) is 22.8 Å². The molecule has 1 N–H and O–H groups in total. The van der Waals surface area contributed by atoms with Crippen molar-refractivity contribution in [3.63, 3.8) is 0 Å². The second-order valence-corrected chi connectivity index (χ2v) is 5.62. The zero-order valence-corrected chi connectivity index (χ0v) is 12.8. The van der Waals surface area contributed by atoms with E-state index in [1.54, 1.807) is 4.90 Å². The van der Waals surface area contributed by atoms with Gasteiger partial charge in [0.1, 0.15) is 0 Å². The number of ether oxygens (including phenoxy) is 1. The zero-order chi connectivity index (χ0) is 17.7. The second-order valence-electron chi connectivity index (χ2n) is 5.62. The number of nitrogens with zero attached hydrogens (tertiary/aromatic N) is 2. The molecule has 2 heterocycles. The van der Waals surface area contributed by atoms with Gasteiger partial charge in [0.05, 0.1) is 5.56 Å². The molecule has 0 spiro atoms. The number of alkyl halides is 3. The number of halogens is 3. The molecular formula is C15H17F3N2O4. The number of aromatic nitrogens is 1. The molecule has 0 atom stereocenters. The van der Waals surface area contributed by atoms with E-state index < -0.39 is 18.8 Å². The largest absolute Gasteiger partial charge is 0.481 e. The number of hydrogen-bond acceptors (Lipinski definition) is 4. The van der Waals surface area contributed by atoms with Crippen LogP contribution in [0, 0.1) is 5.92 Å². The van der Waals surface area contributed by atoms with Crippen molar-refractivity contribution in [2.45, 2.75) is 25.4 Å². The molecule has 1 saturated heterocycles. The molecule has 1 aliphatic heterocycles. The molecule has 0 aliphatic carbocycles. The Bertz CT molecular complexity index is 581. The van der Waals surface area contributed by atoms with Crippen LogP contribution in [0.2, 0.25) is 0 Å². The van der Waals surface area contributed by atoms with Gasteiger partial charge in [0.25, 0.3) is 5.91 Å². The lowest BCUT2D eigenvalue weighted by Crippen LogP contribution is -2.38. The van der Waals surface area contributed by atoms with Gasteiger partial charge in [-0.25, -0.2) is 4.98 Å². The van der Waals surface area contributed by atoms with Gasteiger partial charge in [0.15, 0.2) is 6.61 Å². The van der Waals surface area contributed by atoms with Crippen LogP contribution >= 0.6 is 0 Å². The second kappa shape index (κ2) is 7.50. The average molecular weight is 346 g/mol. The number of amides is 1. The molecule has 0 radical (unpaired) electrons. The number of rotatable bonds is 5. The third-order valence-electron chi connectivity index (χ3n) is 3.73. The molecule has 2 rings (SSSR count). The van der Waals surface area contributed by atoms with Gasteiger partial charge in [-0.15, -0.1) is 0 Å². The molecule has 0 saturated carbocycles. The number of hydrogen-bond donors (Lipinski definition) is 1. The van der Waals surface area contributed by atoms with E-state index in [1.807, 2.05) is 0 Å². The van der Waals surface area contributed by atoms with Gasteiger partial charge < -0.3 is 14.7 Å². The van der Waals surface area contributed by atoms with E-state index in [0.29, 0.717) is 25.9 Å². The highest BCUT2D eigenvalue weighted by Crippen LogP contribution is 2.22. The van der Waals surface area contributed by atoms with Crippen molar-refractivity contribution in [3.8, 4) is 5.88 Å². The first-order valence-electron chi connectivity index (χ1n) is 7.41. The Morgan fingerprint density at radius 1 is 1.29 bits per heavy atom. The summed E-state index contributed by atoms with van der Waals surface area (Å²) in [5.74, 6) is -1.27. The Morgan fingerprint density at radius 3 is 2.46 bits per heavy atom. The number of piperidine rings is 1. The van der Waals surface area contributed by atoms with Gasteiger partial charge in [-0.05, 0) is 24.8 Å². The smallest absolute Gasteiger partial charge is 0.422 e. The Labute approximate surface area is 136 Å². The van der Waals surface area contributed by atoms with Crippen molar-refractivity contribution in [2.75, 3.05) is 19.7 Å². The molecule has 0 bridgehead atoms. The Balaban J connectivity index is 1.88. The van der Waals surface area contributed by atoms with E-state index in [2.05, 4.69) is 9.72 Å². The first kappa shape index (κ1) is 18.0. The number of carbonyl (C=O) groups is 2. The maximum atomic E-state index is 12.3. The standard InChI is InChI=1S/C15H17F3N2O4/c16-15(17,18)9-24-12-2-1-11(8-19-12)14(23)20-5-3-10(4-6-20)7-13(21)22/h1-2,8,10H,3-7,9H2,(H,21,22). The molecule has 1 aromatic heterocycles. The van der Waals surface area contributed by atoms with Crippen LogP contribution in [0.15, 0.2) is 18.3 Å². The fraction of sp³-hybridized carbons (Fsp3) is 0.533. The third kappa shape index (κ3) is 5.39. The van der Waals surface area contributed by atoms with Gasteiger partial charge in [-0.3, -0.25) is 9.59 Å². The molecule has 1 amide bonds. The van der Waals surface area contributed by atoms with Gasteiger partial charge >= 0.3 is 12.1 Å². The van der Waals surface area contributed by atoms with E-state index in [1.165, 1.54) is 18.3 Å². The summed E-state index contributed by atoms with van der Waals surface area (Å²) in [5.41, 5.74) is 0.256. The average Bonchev–Trinajstić information content (AvgIpc) is 2.52. The Morgan fingerprint density at radius 2 is 1.96 bits per heavy atom. The fourth-order valence-electron chi connectivity index (χ4n) is 2.52. The Kier molecular flexibility index (Phi) is 5.63. The molecule has 9 heteroatoms. The first-order valence-corrected chi connectivity index (χ1v) is 7.41. The van der Waals surface area contributed by atoms with Crippen molar-refractivity contribution in [3.05, 3.63) is 23.9 Å². The third-order valence-corrected chi connectivity index (χ3v) is 3.73. The van der Waals surface area contributed by atoms with Crippen molar-refractivity contribution in [1.82, 2.24) is 9.88 Å². The van der Waals surface area contributed by atoms with Crippen LogP contribution in [0.5, 0.6) is 5.88 Å². The minimum Gasteiger partial charge on any atom is -0.481 e. The topological polar surface area (TPSA) is 79.7 Å². The van der Waals surface area contributed by atoms with E-state index in [-0.39, 0.29) is 29.7 Å². The van der Waals surface area contributed by atoms with Crippen LogP contribution in [0.3, 0.4) is 0 Å². The van der Waals surface area contributed by atoms with Crippen LogP contribution in [0.25, 0.3) is 0 Å². The summed E-state index contributed by atoms with van der Waals surface area (Å²) in [6, 6.07) is 2.58.